The number of hydrogen-bond donors (Lipinski definition) is 1. The number of amides is 1. The third kappa shape index (κ3) is 3.38. The topological polar surface area (TPSA) is 54.1 Å². The van der Waals surface area contributed by atoms with Crippen molar-refractivity contribution in [2.75, 3.05) is 13.1 Å². The third-order valence-corrected chi connectivity index (χ3v) is 2.42. The maximum atomic E-state index is 11.7. The summed E-state index contributed by atoms with van der Waals surface area (Å²) >= 11 is 0. The van der Waals surface area contributed by atoms with E-state index in [1.807, 2.05) is 20.8 Å². The molecule has 1 fully saturated rings. The van der Waals surface area contributed by atoms with Gasteiger partial charge in [-0.1, -0.05) is 0 Å². The molecule has 0 aromatic heterocycles. The Morgan fingerprint density at radius 2 is 1.94 bits per heavy atom. The minimum Gasteiger partial charge on any atom is -0.444 e. The highest BCUT2D eigenvalue weighted by Crippen LogP contribution is 2.24. The molecule has 1 aliphatic heterocycles. The first-order chi connectivity index (χ1) is 7.26. The van der Waals surface area contributed by atoms with Crippen molar-refractivity contribution >= 4 is 6.09 Å². The van der Waals surface area contributed by atoms with Crippen molar-refractivity contribution in [1.29, 1.82) is 0 Å². The first-order valence-electron chi connectivity index (χ1n) is 5.35. The molecule has 1 N–H and O–H groups in total. The maximum absolute atomic E-state index is 11.7. The monoisotopic (exact) mass is 226 g/mol. The lowest BCUT2D eigenvalue weighted by Crippen LogP contribution is -2.46. The molecular weight excluding hydrogens is 208 g/mol. The predicted molar refractivity (Wildman–Crippen MR) is 58.6 cm³/mol. The molecular formula is C11H18N2O3. The molecule has 0 aromatic carbocycles. The fraction of sp³-hybridized carbons (Fsp3) is 0.818. The van der Waals surface area contributed by atoms with Gasteiger partial charge >= 0.3 is 11.8 Å². The largest absolute Gasteiger partial charge is 0.444 e. The van der Waals surface area contributed by atoms with Gasteiger partial charge in [0.05, 0.1) is 12.8 Å². The van der Waals surface area contributed by atoms with Gasteiger partial charge in [-0.05, 0) is 20.8 Å². The number of piperidine rings is 1. The van der Waals surface area contributed by atoms with Gasteiger partial charge in [-0.2, -0.15) is 0 Å². The van der Waals surface area contributed by atoms with Crippen LogP contribution in [0.15, 0.2) is 0 Å². The van der Waals surface area contributed by atoms with Crippen molar-refractivity contribution in [3.05, 3.63) is 11.4 Å². The first kappa shape index (κ1) is 12.8. The van der Waals surface area contributed by atoms with Crippen LogP contribution in [0.3, 0.4) is 0 Å². The third-order valence-electron chi connectivity index (χ3n) is 2.42. The lowest BCUT2D eigenvalue weighted by atomic mass is 10.0. The van der Waals surface area contributed by atoms with Crippen LogP contribution in [-0.4, -0.2) is 40.5 Å². The van der Waals surface area contributed by atoms with Crippen molar-refractivity contribution in [1.82, 2.24) is 4.90 Å². The van der Waals surface area contributed by atoms with Gasteiger partial charge < -0.3 is 14.7 Å². The molecule has 0 bridgehead atoms. The summed E-state index contributed by atoms with van der Waals surface area (Å²) in [4.78, 5) is 16.4. The molecule has 5 heteroatoms. The first-order valence-corrected chi connectivity index (χ1v) is 5.35. The van der Waals surface area contributed by atoms with E-state index in [1.165, 1.54) is 4.90 Å². The fourth-order valence-corrected chi connectivity index (χ4v) is 1.49. The van der Waals surface area contributed by atoms with E-state index in [1.54, 1.807) is 0 Å². The molecule has 0 atom stereocenters. The van der Waals surface area contributed by atoms with Crippen LogP contribution in [0.4, 0.5) is 4.79 Å². The molecule has 1 saturated heterocycles. The lowest BCUT2D eigenvalue weighted by Gasteiger charge is -2.32. The van der Waals surface area contributed by atoms with Crippen LogP contribution < -0.4 is 0 Å². The zero-order valence-corrected chi connectivity index (χ0v) is 9.99. The maximum Gasteiger partial charge on any atom is 0.410 e. The van der Waals surface area contributed by atoms with Crippen LogP contribution in [0, 0.1) is 6.57 Å². The van der Waals surface area contributed by atoms with E-state index >= 15 is 0 Å². The highest BCUT2D eigenvalue weighted by molar-refractivity contribution is 5.68. The Morgan fingerprint density at radius 3 is 2.31 bits per heavy atom. The summed E-state index contributed by atoms with van der Waals surface area (Å²) in [7, 11) is 0. The molecule has 0 radical (unpaired) electrons. The molecule has 16 heavy (non-hydrogen) atoms. The molecule has 1 aliphatic rings. The smallest absolute Gasteiger partial charge is 0.410 e. The van der Waals surface area contributed by atoms with Gasteiger partial charge in [0.1, 0.15) is 5.60 Å². The van der Waals surface area contributed by atoms with Gasteiger partial charge in [-0.15, -0.1) is 0 Å². The lowest BCUT2D eigenvalue weighted by molar-refractivity contribution is -0.00955. The number of nitrogens with zero attached hydrogens (tertiary/aromatic N) is 2. The summed E-state index contributed by atoms with van der Waals surface area (Å²) in [6, 6.07) is 0. The average molecular weight is 226 g/mol. The van der Waals surface area contributed by atoms with E-state index in [9.17, 15) is 9.90 Å². The minimum atomic E-state index is -1.29. The van der Waals surface area contributed by atoms with Crippen LogP contribution >= 0.6 is 0 Å². The highest BCUT2D eigenvalue weighted by Gasteiger charge is 2.40. The number of rotatable bonds is 0. The van der Waals surface area contributed by atoms with E-state index in [0.717, 1.165) is 0 Å². The molecule has 0 saturated carbocycles. The van der Waals surface area contributed by atoms with Crippen molar-refractivity contribution in [2.45, 2.75) is 44.9 Å². The van der Waals surface area contributed by atoms with E-state index in [2.05, 4.69) is 4.85 Å². The van der Waals surface area contributed by atoms with Gasteiger partial charge in [-0.3, -0.25) is 4.85 Å². The molecule has 0 unspecified atom stereocenters. The molecule has 1 rings (SSSR count). The fourth-order valence-electron chi connectivity index (χ4n) is 1.49. The molecule has 5 nitrogen and oxygen atoms in total. The second-order valence-electron chi connectivity index (χ2n) is 5.06. The Labute approximate surface area is 95.8 Å². The number of carbonyl (C=O) groups is 1. The molecule has 0 spiro atoms. The Bertz CT molecular complexity index is 306. The molecule has 90 valence electrons. The summed E-state index contributed by atoms with van der Waals surface area (Å²) in [6.45, 7) is 13.0. The summed E-state index contributed by atoms with van der Waals surface area (Å²) < 4.78 is 5.21. The van der Waals surface area contributed by atoms with Gasteiger partial charge in [0.2, 0.25) is 0 Å². The number of hydrogen-bond acceptors (Lipinski definition) is 3. The number of ether oxygens (including phenoxy) is 1. The predicted octanol–water partition coefficient (Wildman–Crippen LogP) is 1.63. The molecule has 0 aromatic rings. The Hall–Kier alpha value is -1.28. The SMILES string of the molecule is [C-]#[N+]C1(O)CCN(C(=O)OC(C)(C)C)CC1. The number of aliphatic hydroxyl groups is 1. The van der Waals surface area contributed by atoms with Crippen LogP contribution in [0.5, 0.6) is 0 Å². The normalized spacial score (nSPS) is 20.1. The Kier molecular flexibility index (Phi) is 3.44. The van der Waals surface area contributed by atoms with Crippen LogP contribution in [-0.2, 0) is 4.74 Å². The Balaban J connectivity index is 2.49. The quantitative estimate of drug-likeness (QED) is 0.639. The summed E-state index contributed by atoms with van der Waals surface area (Å²) in [5.74, 6) is 0. The minimum absolute atomic E-state index is 0.287. The summed E-state index contributed by atoms with van der Waals surface area (Å²) in [6.07, 6.45) is 0.199. The number of likely N-dealkylation sites (tertiary alicyclic amines) is 1. The van der Waals surface area contributed by atoms with Crippen molar-refractivity contribution in [3.63, 3.8) is 0 Å². The Morgan fingerprint density at radius 1 is 1.44 bits per heavy atom. The van der Waals surface area contributed by atoms with Gasteiger partial charge in [0.15, 0.2) is 0 Å². The van der Waals surface area contributed by atoms with E-state index in [4.69, 9.17) is 11.3 Å². The number of carbonyl (C=O) groups excluding carboxylic acids is 1. The van der Waals surface area contributed by atoms with Gasteiger partial charge in [0.25, 0.3) is 0 Å². The zero-order chi connectivity index (χ0) is 12.4. The van der Waals surface area contributed by atoms with Crippen LogP contribution in [0.25, 0.3) is 4.85 Å². The second kappa shape index (κ2) is 4.30. The molecule has 1 heterocycles. The molecule has 1 amide bonds. The highest BCUT2D eigenvalue weighted by atomic mass is 16.6. The zero-order valence-electron chi connectivity index (χ0n) is 9.99. The molecule has 0 aliphatic carbocycles. The van der Waals surface area contributed by atoms with Crippen molar-refractivity contribution in [3.8, 4) is 0 Å². The van der Waals surface area contributed by atoms with E-state index in [0.29, 0.717) is 13.1 Å². The van der Waals surface area contributed by atoms with Gasteiger partial charge in [0, 0.05) is 13.1 Å². The standard InChI is InChI=1S/C11H18N2O3/c1-10(2,3)16-9(14)13-7-5-11(15,12-4)6-8-13/h15H,5-8H2,1-3H3. The average Bonchev–Trinajstić information content (AvgIpc) is 2.16. The van der Waals surface area contributed by atoms with Crippen LogP contribution in [0.2, 0.25) is 0 Å². The summed E-state index contributed by atoms with van der Waals surface area (Å²) in [5, 5.41) is 9.68. The van der Waals surface area contributed by atoms with Crippen molar-refractivity contribution < 1.29 is 14.6 Å². The van der Waals surface area contributed by atoms with E-state index in [-0.39, 0.29) is 18.9 Å². The van der Waals surface area contributed by atoms with Crippen LogP contribution in [0.1, 0.15) is 33.6 Å². The summed E-state index contributed by atoms with van der Waals surface area (Å²) in [5.41, 5.74) is -1.80. The second-order valence-corrected chi connectivity index (χ2v) is 5.06. The van der Waals surface area contributed by atoms with Crippen molar-refractivity contribution in [2.24, 2.45) is 0 Å². The van der Waals surface area contributed by atoms with Gasteiger partial charge in [-0.25, -0.2) is 11.4 Å². The van der Waals surface area contributed by atoms with E-state index < -0.39 is 11.3 Å².